The van der Waals surface area contributed by atoms with E-state index in [1.165, 1.54) is 0 Å². The first-order chi connectivity index (χ1) is 13.5. The number of fused-ring (bicyclic) bond motifs is 1. The zero-order valence-corrected chi connectivity index (χ0v) is 18.1. The number of ether oxygens (including phenoxy) is 2. The fourth-order valence-corrected chi connectivity index (χ4v) is 5.87. The lowest BCUT2D eigenvalue weighted by atomic mass is 10.2. The van der Waals surface area contributed by atoms with Crippen LogP contribution in [0.3, 0.4) is 0 Å². The number of nitrogens with one attached hydrogen (secondary N) is 1. The van der Waals surface area contributed by atoms with Crippen molar-refractivity contribution >= 4 is 43.3 Å². The van der Waals surface area contributed by atoms with Gasteiger partial charge in [-0.1, -0.05) is 23.9 Å². The summed E-state index contributed by atoms with van der Waals surface area (Å²) in [6.07, 6.45) is 0.553. The second-order valence-electron chi connectivity index (χ2n) is 6.01. The number of thioether (sulfide) groups is 1. The fraction of sp³-hybridized carbons (Fsp3) is 0.316. The minimum atomic E-state index is -3.36. The van der Waals surface area contributed by atoms with Crippen LogP contribution in [0.1, 0.15) is 12.0 Å². The Morgan fingerprint density at radius 3 is 2.50 bits per heavy atom. The molecule has 3 aromatic rings. The third kappa shape index (κ3) is 5.84. The monoisotopic (exact) mass is 438 g/mol. The second kappa shape index (κ2) is 9.60. The number of nitrogens with zero attached hydrogens (tertiary/aromatic N) is 1. The molecule has 0 saturated carbocycles. The highest BCUT2D eigenvalue weighted by Crippen LogP contribution is 2.29. The molecule has 9 heteroatoms. The van der Waals surface area contributed by atoms with Crippen molar-refractivity contribution in [1.29, 1.82) is 0 Å². The van der Waals surface area contributed by atoms with Gasteiger partial charge in [-0.05, 0) is 36.2 Å². The SMILES string of the molecule is COc1cc(CNS(=O)(=O)CCCSc2nc3ccccc3s2)cc(OC)c1. The van der Waals surface area contributed by atoms with Crippen LogP contribution in [0.25, 0.3) is 10.2 Å². The number of rotatable bonds is 10. The van der Waals surface area contributed by atoms with Gasteiger partial charge in [0.05, 0.1) is 30.2 Å². The molecule has 1 aromatic heterocycles. The van der Waals surface area contributed by atoms with E-state index >= 15 is 0 Å². The summed E-state index contributed by atoms with van der Waals surface area (Å²) in [4.78, 5) is 4.55. The number of thiazole rings is 1. The Kier molecular flexibility index (Phi) is 7.17. The van der Waals surface area contributed by atoms with Gasteiger partial charge in [-0.3, -0.25) is 0 Å². The molecule has 0 radical (unpaired) electrons. The topological polar surface area (TPSA) is 77.5 Å². The Hall–Kier alpha value is -1.81. The minimum Gasteiger partial charge on any atom is -0.497 e. The number of para-hydroxylation sites is 1. The molecular weight excluding hydrogens is 416 g/mol. The van der Waals surface area contributed by atoms with Crippen molar-refractivity contribution in [2.75, 3.05) is 25.7 Å². The van der Waals surface area contributed by atoms with E-state index in [9.17, 15) is 8.42 Å². The van der Waals surface area contributed by atoms with Crippen molar-refractivity contribution in [3.63, 3.8) is 0 Å². The summed E-state index contributed by atoms with van der Waals surface area (Å²) in [6, 6.07) is 13.3. The number of hydrogen-bond acceptors (Lipinski definition) is 7. The molecular formula is C19H22N2O4S3. The van der Waals surface area contributed by atoms with E-state index in [1.807, 2.05) is 24.3 Å². The van der Waals surface area contributed by atoms with Crippen LogP contribution in [0.5, 0.6) is 11.5 Å². The van der Waals surface area contributed by atoms with Crippen molar-refractivity contribution < 1.29 is 17.9 Å². The molecule has 1 N–H and O–H groups in total. The zero-order chi connectivity index (χ0) is 20.0. The Morgan fingerprint density at radius 2 is 1.82 bits per heavy atom. The Bertz CT molecular complexity index is 979. The summed E-state index contributed by atoms with van der Waals surface area (Å²) in [7, 11) is -0.237. The van der Waals surface area contributed by atoms with Crippen molar-refractivity contribution in [1.82, 2.24) is 9.71 Å². The predicted octanol–water partition coefficient (Wildman–Crippen LogP) is 3.92. The van der Waals surface area contributed by atoms with E-state index < -0.39 is 10.0 Å². The van der Waals surface area contributed by atoms with Gasteiger partial charge in [0.25, 0.3) is 0 Å². The first kappa shape index (κ1) is 20.9. The number of aromatic nitrogens is 1. The molecule has 0 saturated heterocycles. The molecule has 0 fully saturated rings. The van der Waals surface area contributed by atoms with E-state index in [0.717, 1.165) is 20.1 Å². The molecule has 0 unspecified atom stereocenters. The molecule has 150 valence electrons. The van der Waals surface area contributed by atoms with Gasteiger partial charge in [0.1, 0.15) is 11.5 Å². The molecule has 0 aliphatic heterocycles. The predicted molar refractivity (Wildman–Crippen MR) is 115 cm³/mol. The number of benzene rings is 2. The number of methoxy groups -OCH3 is 2. The van der Waals surface area contributed by atoms with Gasteiger partial charge in [-0.15, -0.1) is 11.3 Å². The van der Waals surface area contributed by atoms with E-state index in [0.29, 0.717) is 23.7 Å². The first-order valence-corrected chi connectivity index (χ1v) is 12.1. The Balaban J connectivity index is 1.47. The molecule has 28 heavy (non-hydrogen) atoms. The average Bonchev–Trinajstić information content (AvgIpc) is 3.12. The first-order valence-electron chi connectivity index (χ1n) is 8.67. The summed E-state index contributed by atoms with van der Waals surface area (Å²) in [5.74, 6) is 2.03. The average molecular weight is 439 g/mol. The molecule has 0 atom stereocenters. The quantitative estimate of drug-likeness (QED) is 0.382. The Morgan fingerprint density at radius 1 is 1.11 bits per heavy atom. The summed E-state index contributed by atoms with van der Waals surface area (Å²) in [5, 5.41) is 0. The van der Waals surface area contributed by atoms with Crippen molar-refractivity contribution in [2.45, 2.75) is 17.3 Å². The molecule has 0 spiro atoms. The lowest BCUT2D eigenvalue weighted by molar-refractivity contribution is 0.393. The highest BCUT2D eigenvalue weighted by Gasteiger charge is 2.12. The Labute approximate surface area is 173 Å². The molecule has 0 amide bonds. The van der Waals surface area contributed by atoms with Crippen LogP contribution in [0.15, 0.2) is 46.8 Å². The normalized spacial score (nSPS) is 11.6. The van der Waals surface area contributed by atoms with E-state index in [2.05, 4.69) is 9.71 Å². The lowest BCUT2D eigenvalue weighted by Crippen LogP contribution is -2.26. The van der Waals surface area contributed by atoms with Crippen LogP contribution in [0, 0.1) is 0 Å². The summed E-state index contributed by atoms with van der Waals surface area (Å²) in [6.45, 7) is 0.195. The highest BCUT2D eigenvalue weighted by molar-refractivity contribution is 8.01. The third-order valence-corrected chi connectivity index (χ3v) is 7.64. The molecule has 3 rings (SSSR count). The van der Waals surface area contributed by atoms with Crippen LogP contribution < -0.4 is 14.2 Å². The van der Waals surface area contributed by atoms with Crippen LogP contribution in [-0.2, 0) is 16.6 Å². The van der Waals surface area contributed by atoms with E-state index in [1.54, 1.807) is 55.5 Å². The van der Waals surface area contributed by atoms with E-state index in [-0.39, 0.29) is 12.3 Å². The van der Waals surface area contributed by atoms with Gasteiger partial charge >= 0.3 is 0 Å². The van der Waals surface area contributed by atoms with E-state index in [4.69, 9.17) is 9.47 Å². The van der Waals surface area contributed by atoms with Crippen molar-refractivity contribution in [3.05, 3.63) is 48.0 Å². The standard InChI is InChI=1S/C19H22N2O4S3/c1-24-15-10-14(11-16(12-15)25-2)13-20-28(22,23)9-5-8-26-19-21-17-6-3-4-7-18(17)27-19/h3-4,6-7,10-12,20H,5,8-9,13H2,1-2H3. The molecule has 6 nitrogen and oxygen atoms in total. The summed E-state index contributed by atoms with van der Waals surface area (Å²) >= 11 is 3.23. The zero-order valence-electron chi connectivity index (χ0n) is 15.7. The second-order valence-corrected chi connectivity index (χ2v) is 10.3. The molecule has 0 aliphatic carbocycles. The van der Waals surface area contributed by atoms with Gasteiger partial charge in [0.15, 0.2) is 4.34 Å². The van der Waals surface area contributed by atoms with Crippen LogP contribution in [0.2, 0.25) is 0 Å². The molecule has 1 heterocycles. The number of sulfonamides is 1. The maximum atomic E-state index is 12.3. The third-order valence-electron chi connectivity index (χ3n) is 3.96. The lowest BCUT2D eigenvalue weighted by Gasteiger charge is -2.10. The van der Waals surface area contributed by atoms with Gasteiger partial charge < -0.3 is 9.47 Å². The smallest absolute Gasteiger partial charge is 0.211 e. The summed E-state index contributed by atoms with van der Waals surface area (Å²) in [5.41, 5.74) is 1.77. The largest absolute Gasteiger partial charge is 0.497 e. The van der Waals surface area contributed by atoms with Crippen molar-refractivity contribution in [3.8, 4) is 11.5 Å². The highest BCUT2D eigenvalue weighted by atomic mass is 32.2. The molecule has 0 aliphatic rings. The van der Waals surface area contributed by atoms with Gasteiger partial charge in [-0.2, -0.15) is 0 Å². The van der Waals surface area contributed by atoms with Gasteiger partial charge in [0.2, 0.25) is 10.0 Å². The van der Waals surface area contributed by atoms with Gasteiger partial charge in [-0.25, -0.2) is 18.1 Å². The van der Waals surface area contributed by atoms with Crippen LogP contribution >= 0.6 is 23.1 Å². The fourth-order valence-electron chi connectivity index (χ4n) is 2.56. The van der Waals surface area contributed by atoms with Crippen LogP contribution in [-0.4, -0.2) is 39.1 Å². The maximum absolute atomic E-state index is 12.3. The minimum absolute atomic E-state index is 0.0754. The number of hydrogen-bond donors (Lipinski definition) is 1. The maximum Gasteiger partial charge on any atom is 0.211 e. The molecule has 0 bridgehead atoms. The van der Waals surface area contributed by atoms with Crippen molar-refractivity contribution in [2.24, 2.45) is 0 Å². The van der Waals surface area contributed by atoms with Crippen LogP contribution in [0.4, 0.5) is 0 Å². The molecule has 2 aromatic carbocycles. The van der Waals surface area contributed by atoms with Gasteiger partial charge in [0, 0.05) is 18.4 Å². The summed E-state index contributed by atoms with van der Waals surface area (Å²) < 4.78 is 39.7.